The average Bonchev–Trinajstić information content (AvgIpc) is 2.07. The van der Waals surface area contributed by atoms with E-state index in [0.717, 1.165) is 0 Å². The molecule has 1 aromatic rings. The van der Waals surface area contributed by atoms with E-state index in [1.54, 1.807) is 0 Å². The largest absolute Gasteiger partial charge is 0.129 e. The zero-order valence-corrected chi connectivity index (χ0v) is 10.4. The van der Waals surface area contributed by atoms with E-state index < -0.39 is 0 Å². The minimum atomic E-state index is 1.36. The summed E-state index contributed by atoms with van der Waals surface area (Å²) in [5.74, 6) is 0. The van der Waals surface area contributed by atoms with Gasteiger partial charge >= 0.3 is 0 Å². The minimum Gasteiger partial charge on any atom is -0.129 e. The average molecular weight is 196 g/mol. The molecule has 0 saturated heterocycles. The maximum atomic E-state index is 2.23. The van der Waals surface area contributed by atoms with Crippen LogP contribution in [0.15, 0.2) is 17.0 Å². The second-order valence-electron chi connectivity index (χ2n) is 2.93. The van der Waals surface area contributed by atoms with Gasteiger partial charge in [-0.1, -0.05) is 31.5 Å². The van der Waals surface area contributed by atoms with Gasteiger partial charge in [-0.15, -0.1) is 11.8 Å². The predicted octanol–water partition coefficient (Wildman–Crippen LogP) is 4.36. The van der Waals surface area contributed by atoms with Gasteiger partial charge in [0.05, 0.1) is 0 Å². The molecule has 0 unspecified atom stereocenters. The molecule has 0 heterocycles. The maximum absolute atomic E-state index is 2.23. The van der Waals surface area contributed by atoms with Crippen molar-refractivity contribution in [1.29, 1.82) is 0 Å². The van der Waals surface area contributed by atoms with Crippen molar-refractivity contribution in [2.75, 3.05) is 6.26 Å². The Balaban J connectivity index is 0.000000671. The number of hydrogen-bond acceptors (Lipinski definition) is 1. The molecule has 1 aromatic carbocycles. The summed E-state index contributed by atoms with van der Waals surface area (Å²) in [5, 5.41) is 0. The molecular weight excluding hydrogens is 176 g/mol. The molecule has 0 amide bonds. The molecule has 0 aliphatic heterocycles. The zero-order valence-electron chi connectivity index (χ0n) is 9.56. The Labute approximate surface area is 86.7 Å². The third kappa shape index (κ3) is 3.43. The summed E-state index contributed by atoms with van der Waals surface area (Å²) in [7, 11) is 0. The molecule has 1 heteroatoms. The summed E-state index contributed by atoms with van der Waals surface area (Å²) in [6, 6.07) is 4.47. The van der Waals surface area contributed by atoms with E-state index in [4.69, 9.17) is 0 Å². The molecule has 0 aromatic heterocycles. The van der Waals surface area contributed by atoms with Crippen LogP contribution in [0, 0.1) is 20.8 Å². The zero-order chi connectivity index (χ0) is 10.4. The van der Waals surface area contributed by atoms with Gasteiger partial charge in [-0.25, -0.2) is 0 Å². The van der Waals surface area contributed by atoms with Gasteiger partial charge in [0.15, 0.2) is 0 Å². The molecule has 0 atom stereocenters. The lowest BCUT2D eigenvalue weighted by Gasteiger charge is -2.07. The Bertz CT molecular complexity index is 241. The first kappa shape index (κ1) is 12.6. The molecule has 0 N–H and O–H groups in total. The van der Waals surface area contributed by atoms with E-state index in [0.29, 0.717) is 0 Å². The van der Waals surface area contributed by atoms with Crippen molar-refractivity contribution in [2.45, 2.75) is 39.5 Å². The second kappa shape index (κ2) is 6.09. The van der Waals surface area contributed by atoms with Crippen molar-refractivity contribution >= 4 is 11.8 Å². The molecule has 0 fully saturated rings. The third-order valence-corrected chi connectivity index (χ3v) is 2.86. The monoisotopic (exact) mass is 196 g/mol. The van der Waals surface area contributed by atoms with Crippen LogP contribution in [0.3, 0.4) is 0 Å². The molecule has 13 heavy (non-hydrogen) atoms. The summed E-state index contributed by atoms with van der Waals surface area (Å²) in [5.41, 5.74) is 4.16. The van der Waals surface area contributed by atoms with E-state index in [-0.39, 0.29) is 0 Å². The normalized spacial score (nSPS) is 9.08. The van der Waals surface area contributed by atoms with Crippen molar-refractivity contribution in [3.8, 4) is 0 Å². The van der Waals surface area contributed by atoms with E-state index in [9.17, 15) is 0 Å². The number of hydrogen-bond donors (Lipinski definition) is 0. The van der Waals surface area contributed by atoms with E-state index >= 15 is 0 Å². The smallest absolute Gasteiger partial charge is 0.0128 e. The van der Waals surface area contributed by atoms with Crippen LogP contribution in [0.2, 0.25) is 0 Å². The van der Waals surface area contributed by atoms with Gasteiger partial charge in [-0.05, 0) is 38.2 Å². The summed E-state index contributed by atoms with van der Waals surface area (Å²) in [4.78, 5) is 1.43. The van der Waals surface area contributed by atoms with Gasteiger partial charge < -0.3 is 0 Å². The van der Waals surface area contributed by atoms with Gasteiger partial charge in [-0.3, -0.25) is 0 Å². The number of benzene rings is 1. The molecule has 0 bridgehead atoms. The number of aryl methyl sites for hydroxylation is 3. The fraction of sp³-hybridized carbons (Fsp3) is 0.500. The van der Waals surface area contributed by atoms with Crippen LogP contribution < -0.4 is 0 Å². The highest BCUT2D eigenvalue weighted by Crippen LogP contribution is 2.24. The molecule has 0 spiro atoms. The quantitative estimate of drug-likeness (QED) is 0.601. The summed E-state index contributed by atoms with van der Waals surface area (Å²) >= 11 is 1.83. The highest BCUT2D eigenvalue weighted by Gasteiger charge is 2.00. The molecule has 0 nitrogen and oxygen atoms in total. The second-order valence-corrected chi connectivity index (χ2v) is 3.75. The van der Waals surface area contributed by atoms with Crippen LogP contribution in [0.1, 0.15) is 30.5 Å². The van der Waals surface area contributed by atoms with E-state index in [1.165, 1.54) is 21.6 Å². The first-order valence-corrected chi connectivity index (χ1v) is 5.99. The minimum absolute atomic E-state index is 1.36. The Morgan fingerprint density at radius 3 is 1.62 bits per heavy atom. The molecule has 0 aliphatic carbocycles. The van der Waals surface area contributed by atoms with Crippen LogP contribution in [0.4, 0.5) is 0 Å². The lowest BCUT2D eigenvalue weighted by Crippen LogP contribution is -1.85. The molecule has 0 aliphatic rings. The number of rotatable bonds is 1. The van der Waals surface area contributed by atoms with Gasteiger partial charge in [-0.2, -0.15) is 0 Å². The van der Waals surface area contributed by atoms with Crippen molar-refractivity contribution in [2.24, 2.45) is 0 Å². The van der Waals surface area contributed by atoms with Crippen molar-refractivity contribution in [3.63, 3.8) is 0 Å². The van der Waals surface area contributed by atoms with Gasteiger partial charge in [0.1, 0.15) is 0 Å². The van der Waals surface area contributed by atoms with Crippen molar-refractivity contribution in [1.82, 2.24) is 0 Å². The Hall–Kier alpha value is -0.430. The molecule has 74 valence electrons. The third-order valence-electron chi connectivity index (χ3n) is 1.81. The van der Waals surface area contributed by atoms with Crippen LogP contribution in [0.25, 0.3) is 0 Å². The first-order chi connectivity index (χ1) is 6.15. The topological polar surface area (TPSA) is 0 Å². The standard InChI is InChI=1S/C10H14S.C2H6/c1-7-5-8(2)10(11-4)9(3)6-7;1-2/h5-6H,1-4H3;1-2H3. The van der Waals surface area contributed by atoms with Gasteiger partial charge in [0, 0.05) is 4.90 Å². The van der Waals surface area contributed by atoms with Gasteiger partial charge in [0.2, 0.25) is 0 Å². The Morgan fingerprint density at radius 1 is 0.923 bits per heavy atom. The fourth-order valence-electron chi connectivity index (χ4n) is 1.49. The van der Waals surface area contributed by atoms with Crippen molar-refractivity contribution in [3.05, 3.63) is 28.8 Å². The molecule has 0 saturated carbocycles. The van der Waals surface area contributed by atoms with Crippen molar-refractivity contribution < 1.29 is 0 Å². The first-order valence-electron chi connectivity index (χ1n) is 4.77. The Kier molecular flexibility index (Phi) is 5.89. The SMILES string of the molecule is CC.CSc1c(C)cc(C)cc1C. The molecule has 1 rings (SSSR count). The highest BCUT2D eigenvalue weighted by molar-refractivity contribution is 7.98. The predicted molar refractivity (Wildman–Crippen MR) is 63.8 cm³/mol. The fourth-order valence-corrected chi connectivity index (χ4v) is 2.25. The summed E-state index contributed by atoms with van der Waals surface area (Å²) in [6.07, 6.45) is 2.13. The van der Waals surface area contributed by atoms with Crippen LogP contribution in [0.5, 0.6) is 0 Å². The van der Waals surface area contributed by atoms with Crippen LogP contribution in [-0.4, -0.2) is 6.26 Å². The molecular formula is C12H20S. The van der Waals surface area contributed by atoms with Crippen LogP contribution >= 0.6 is 11.8 Å². The van der Waals surface area contributed by atoms with Gasteiger partial charge in [0.25, 0.3) is 0 Å². The lowest BCUT2D eigenvalue weighted by molar-refractivity contribution is 1.19. The van der Waals surface area contributed by atoms with Crippen LogP contribution in [-0.2, 0) is 0 Å². The van der Waals surface area contributed by atoms with E-state index in [2.05, 4.69) is 39.2 Å². The maximum Gasteiger partial charge on any atom is 0.0128 e. The van der Waals surface area contributed by atoms with E-state index in [1.807, 2.05) is 25.6 Å². The summed E-state index contributed by atoms with van der Waals surface area (Å²) < 4.78 is 0. The number of thioether (sulfide) groups is 1. The molecule has 0 radical (unpaired) electrons. The summed E-state index contributed by atoms with van der Waals surface area (Å²) in [6.45, 7) is 10.5. The highest BCUT2D eigenvalue weighted by atomic mass is 32.2. The lowest BCUT2D eigenvalue weighted by atomic mass is 10.1. The Morgan fingerprint density at radius 2 is 1.31 bits per heavy atom.